The van der Waals surface area contributed by atoms with E-state index in [2.05, 4.69) is 21.0 Å². The van der Waals surface area contributed by atoms with Crippen LogP contribution in [0.25, 0.3) is 22.4 Å². The minimum absolute atomic E-state index is 0.931. The number of pyridine rings is 3. The number of aromatic nitrogens is 3. The van der Waals surface area contributed by atoms with Crippen LogP contribution in [0.1, 0.15) is 0 Å². The van der Waals surface area contributed by atoms with E-state index in [1.54, 1.807) is 18.6 Å². The van der Waals surface area contributed by atoms with E-state index in [1.807, 2.05) is 42.7 Å². The van der Waals surface area contributed by atoms with Gasteiger partial charge in [0.2, 0.25) is 0 Å². The summed E-state index contributed by atoms with van der Waals surface area (Å²) in [5.41, 5.74) is 4.13. The van der Waals surface area contributed by atoms with E-state index in [-0.39, 0.29) is 0 Å². The monoisotopic (exact) mass is 233 g/mol. The number of hydrogen-bond donors (Lipinski definition) is 0. The first kappa shape index (κ1) is 10.6. The van der Waals surface area contributed by atoms with E-state index in [1.165, 1.54) is 0 Å². The van der Waals surface area contributed by atoms with Gasteiger partial charge < -0.3 is 0 Å². The fourth-order valence-corrected chi connectivity index (χ4v) is 1.82. The molecule has 0 spiro atoms. The zero-order chi connectivity index (χ0) is 12.2. The zero-order valence-corrected chi connectivity index (χ0v) is 9.69. The summed E-state index contributed by atoms with van der Waals surface area (Å²) in [6.45, 7) is 0. The van der Waals surface area contributed by atoms with Crippen LogP contribution in [0.5, 0.6) is 0 Å². The normalized spacial score (nSPS) is 10.2. The summed E-state index contributed by atoms with van der Waals surface area (Å²) < 4.78 is 0. The van der Waals surface area contributed by atoms with Crippen LogP contribution in [0.2, 0.25) is 0 Å². The fourth-order valence-electron chi connectivity index (χ4n) is 1.82. The third kappa shape index (κ3) is 2.11. The van der Waals surface area contributed by atoms with Crippen LogP contribution >= 0.6 is 0 Å². The molecule has 0 N–H and O–H groups in total. The first-order chi connectivity index (χ1) is 8.93. The molecule has 3 nitrogen and oxygen atoms in total. The van der Waals surface area contributed by atoms with E-state index >= 15 is 0 Å². The highest BCUT2D eigenvalue weighted by Crippen LogP contribution is 2.23. The molecule has 0 aliphatic carbocycles. The van der Waals surface area contributed by atoms with Crippen molar-refractivity contribution in [1.29, 1.82) is 0 Å². The average Bonchev–Trinajstić information content (AvgIpc) is 2.49. The van der Waals surface area contributed by atoms with Crippen molar-refractivity contribution in [2.75, 3.05) is 0 Å². The van der Waals surface area contributed by atoms with Gasteiger partial charge in [0.15, 0.2) is 0 Å². The Morgan fingerprint density at radius 3 is 2.28 bits per heavy atom. The molecule has 0 saturated heterocycles. The molecule has 0 unspecified atom stereocenters. The molecule has 0 bridgehead atoms. The summed E-state index contributed by atoms with van der Waals surface area (Å²) in [6, 6.07) is 11.9. The molecule has 3 aromatic rings. The van der Waals surface area contributed by atoms with Gasteiger partial charge in [-0.2, -0.15) is 0 Å². The first-order valence-corrected chi connectivity index (χ1v) is 5.70. The van der Waals surface area contributed by atoms with Crippen LogP contribution in [0.4, 0.5) is 0 Å². The Morgan fingerprint density at radius 1 is 0.667 bits per heavy atom. The van der Waals surface area contributed by atoms with Crippen LogP contribution in [0.15, 0.2) is 67.4 Å². The van der Waals surface area contributed by atoms with Crippen molar-refractivity contribution in [3.05, 3.63) is 67.4 Å². The molecule has 0 aliphatic rings. The molecule has 0 amide bonds. The van der Waals surface area contributed by atoms with Crippen molar-refractivity contribution in [1.82, 2.24) is 15.0 Å². The lowest BCUT2D eigenvalue weighted by Crippen LogP contribution is -1.86. The molecule has 0 saturated carbocycles. The van der Waals surface area contributed by atoms with Crippen LogP contribution in [0, 0.1) is 0 Å². The molecule has 3 heterocycles. The Kier molecular flexibility index (Phi) is 2.80. The molecule has 0 fully saturated rings. The lowest BCUT2D eigenvalue weighted by atomic mass is 10.1. The summed E-state index contributed by atoms with van der Waals surface area (Å²) in [4.78, 5) is 12.6. The summed E-state index contributed by atoms with van der Waals surface area (Å²) in [5, 5.41) is 0. The predicted octanol–water partition coefficient (Wildman–Crippen LogP) is 3.21. The van der Waals surface area contributed by atoms with Gasteiger partial charge in [0.05, 0.1) is 5.69 Å². The second-order valence-electron chi connectivity index (χ2n) is 3.91. The van der Waals surface area contributed by atoms with Gasteiger partial charge in [-0.25, -0.2) is 0 Å². The summed E-state index contributed by atoms with van der Waals surface area (Å²) in [7, 11) is 0. The number of nitrogens with zero attached hydrogens (tertiary/aromatic N) is 3. The minimum Gasteiger partial charge on any atom is -0.265 e. The maximum atomic E-state index is 4.33. The molecule has 3 heteroatoms. The van der Waals surface area contributed by atoms with Crippen LogP contribution in [0.3, 0.4) is 0 Å². The fraction of sp³-hybridized carbons (Fsp3) is 0. The van der Waals surface area contributed by atoms with Gasteiger partial charge in [-0.3, -0.25) is 15.0 Å². The highest BCUT2D eigenvalue weighted by molar-refractivity contribution is 5.69. The molecule has 0 radical (unpaired) electrons. The maximum Gasteiger partial charge on any atom is 0.0717 e. The van der Waals surface area contributed by atoms with Crippen LogP contribution in [-0.4, -0.2) is 15.0 Å². The molecular weight excluding hydrogens is 222 g/mol. The lowest BCUT2D eigenvalue weighted by Gasteiger charge is -2.04. The van der Waals surface area contributed by atoms with Crippen molar-refractivity contribution in [3.63, 3.8) is 0 Å². The van der Waals surface area contributed by atoms with E-state index in [9.17, 15) is 0 Å². The molecule has 0 aliphatic heterocycles. The van der Waals surface area contributed by atoms with Crippen molar-refractivity contribution in [2.24, 2.45) is 0 Å². The Morgan fingerprint density at radius 2 is 1.50 bits per heavy atom. The van der Waals surface area contributed by atoms with Crippen LogP contribution < -0.4 is 0 Å². The molecule has 0 atom stereocenters. The van der Waals surface area contributed by atoms with Gasteiger partial charge in [-0.1, -0.05) is 6.07 Å². The molecule has 18 heavy (non-hydrogen) atoms. The average molecular weight is 233 g/mol. The summed E-state index contributed by atoms with van der Waals surface area (Å²) in [5.74, 6) is 0. The first-order valence-electron chi connectivity index (χ1n) is 5.70. The van der Waals surface area contributed by atoms with Crippen molar-refractivity contribution in [2.45, 2.75) is 0 Å². The van der Waals surface area contributed by atoms with Crippen molar-refractivity contribution < 1.29 is 0 Å². The second-order valence-corrected chi connectivity index (χ2v) is 3.91. The second kappa shape index (κ2) is 4.75. The van der Waals surface area contributed by atoms with Gasteiger partial charge in [0, 0.05) is 42.1 Å². The minimum atomic E-state index is 0.931. The smallest absolute Gasteiger partial charge is 0.0717 e. The van der Waals surface area contributed by atoms with Gasteiger partial charge in [0.1, 0.15) is 0 Å². The van der Waals surface area contributed by atoms with Gasteiger partial charge in [0.25, 0.3) is 0 Å². The molecule has 3 aromatic heterocycles. The zero-order valence-electron chi connectivity index (χ0n) is 9.69. The van der Waals surface area contributed by atoms with Crippen LogP contribution in [-0.2, 0) is 0 Å². The highest BCUT2D eigenvalue weighted by Gasteiger charge is 2.02. The predicted molar refractivity (Wildman–Crippen MR) is 70.7 cm³/mol. The van der Waals surface area contributed by atoms with E-state index < -0.39 is 0 Å². The van der Waals surface area contributed by atoms with Gasteiger partial charge >= 0.3 is 0 Å². The van der Waals surface area contributed by atoms with Crippen molar-refractivity contribution >= 4 is 0 Å². The third-order valence-electron chi connectivity index (χ3n) is 2.71. The Hall–Kier alpha value is -2.55. The number of hydrogen-bond acceptors (Lipinski definition) is 3. The molecule has 0 aromatic carbocycles. The Labute approximate surface area is 105 Å². The summed E-state index contributed by atoms with van der Waals surface area (Å²) in [6.07, 6.45) is 9.02. The molecular formula is C15H11N3. The van der Waals surface area contributed by atoms with E-state index in [4.69, 9.17) is 0 Å². The Bertz CT molecular complexity index is 581. The van der Waals surface area contributed by atoms with Gasteiger partial charge in [-0.15, -0.1) is 0 Å². The van der Waals surface area contributed by atoms with E-state index in [0.29, 0.717) is 0 Å². The summed E-state index contributed by atoms with van der Waals surface area (Å²) >= 11 is 0. The van der Waals surface area contributed by atoms with E-state index in [0.717, 1.165) is 22.4 Å². The molecule has 86 valence electrons. The van der Waals surface area contributed by atoms with Crippen molar-refractivity contribution in [3.8, 4) is 22.4 Å². The Balaban J connectivity index is 2.05. The van der Waals surface area contributed by atoms with Gasteiger partial charge in [-0.05, 0) is 35.9 Å². The topological polar surface area (TPSA) is 38.7 Å². The number of rotatable bonds is 2. The quantitative estimate of drug-likeness (QED) is 0.682. The standard InChI is InChI=1S/C15H11N3/c1-2-6-18-15(3-1)14-9-13(10-17-11-14)12-4-7-16-8-5-12/h1-11H. The highest BCUT2D eigenvalue weighted by atomic mass is 14.7. The third-order valence-corrected chi connectivity index (χ3v) is 2.71. The lowest BCUT2D eigenvalue weighted by molar-refractivity contribution is 1.27. The maximum absolute atomic E-state index is 4.33. The largest absolute Gasteiger partial charge is 0.265 e. The SMILES string of the molecule is c1ccc(-c2cncc(-c3ccncc3)c2)nc1. The molecule has 3 rings (SSSR count).